The molecule has 1 N–H and O–H groups in total. The maximum Gasteiger partial charge on any atom is 0.410 e. The van der Waals surface area contributed by atoms with Gasteiger partial charge >= 0.3 is 12.2 Å². The molecule has 0 saturated carbocycles. The second-order valence-corrected chi connectivity index (χ2v) is 8.40. The standard InChI is InChI=1S/C20H28N2O5/c1-19(2,3)27-17(24)21-13-20(14-21)11-16(23)9-10-22(20)18(25)26-12-15-7-5-4-6-8-15/h4-8,16,23H,9-14H2,1-3H3. The first kappa shape index (κ1) is 19.5. The van der Waals surface area contributed by atoms with Crippen LogP contribution in [0.2, 0.25) is 0 Å². The fourth-order valence-electron chi connectivity index (χ4n) is 3.67. The smallest absolute Gasteiger partial charge is 0.410 e. The molecule has 1 aromatic carbocycles. The van der Waals surface area contributed by atoms with Crippen LogP contribution in [0.5, 0.6) is 0 Å². The molecule has 2 fully saturated rings. The summed E-state index contributed by atoms with van der Waals surface area (Å²) in [6, 6.07) is 9.50. The van der Waals surface area contributed by atoms with Crippen LogP contribution in [0.1, 0.15) is 39.2 Å². The van der Waals surface area contributed by atoms with Crippen LogP contribution in [0.3, 0.4) is 0 Å². The number of rotatable bonds is 2. The number of aliphatic hydroxyl groups is 1. The van der Waals surface area contributed by atoms with Gasteiger partial charge in [-0.1, -0.05) is 30.3 Å². The van der Waals surface area contributed by atoms with E-state index < -0.39 is 29.4 Å². The molecule has 2 aliphatic heterocycles. The molecule has 0 bridgehead atoms. The molecule has 1 aromatic rings. The van der Waals surface area contributed by atoms with Crippen LogP contribution in [0.4, 0.5) is 9.59 Å². The van der Waals surface area contributed by atoms with E-state index >= 15 is 0 Å². The second-order valence-electron chi connectivity index (χ2n) is 8.40. The maximum absolute atomic E-state index is 12.7. The lowest BCUT2D eigenvalue weighted by Crippen LogP contribution is -2.75. The lowest BCUT2D eigenvalue weighted by molar-refractivity contribution is -0.0997. The predicted octanol–water partition coefficient (Wildman–Crippen LogP) is 2.77. The maximum atomic E-state index is 12.7. The van der Waals surface area contributed by atoms with Crippen molar-refractivity contribution < 1.29 is 24.2 Å². The van der Waals surface area contributed by atoms with E-state index in [1.807, 2.05) is 51.1 Å². The molecule has 2 saturated heterocycles. The number of likely N-dealkylation sites (tertiary alicyclic amines) is 2. The summed E-state index contributed by atoms with van der Waals surface area (Å²) in [5.74, 6) is 0. The number of benzene rings is 1. The van der Waals surface area contributed by atoms with Crippen molar-refractivity contribution in [3.05, 3.63) is 35.9 Å². The van der Waals surface area contributed by atoms with E-state index in [9.17, 15) is 14.7 Å². The molecule has 7 nitrogen and oxygen atoms in total. The van der Waals surface area contributed by atoms with Crippen molar-refractivity contribution in [3.63, 3.8) is 0 Å². The summed E-state index contributed by atoms with van der Waals surface area (Å²) in [6.07, 6.45) is -0.342. The summed E-state index contributed by atoms with van der Waals surface area (Å²) in [5, 5.41) is 10.1. The van der Waals surface area contributed by atoms with E-state index in [1.54, 1.807) is 9.80 Å². The van der Waals surface area contributed by atoms with Gasteiger partial charge in [-0.05, 0) is 32.8 Å². The van der Waals surface area contributed by atoms with Crippen molar-refractivity contribution in [1.29, 1.82) is 0 Å². The van der Waals surface area contributed by atoms with Gasteiger partial charge in [-0.3, -0.25) is 4.90 Å². The first-order chi connectivity index (χ1) is 12.7. The monoisotopic (exact) mass is 376 g/mol. The van der Waals surface area contributed by atoms with Crippen molar-refractivity contribution in [2.45, 2.75) is 57.5 Å². The molecule has 3 rings (SSSR count). The average molecular weight is 376 g/mol. The number of nitrogens with zero attached hydrogens (tertiary/aromatic N) is 2. The Morgan fingerprint density at radius 3 is 2.48 bits per heavy atom. The largest absolute Gasteiger partial charge is 0.445 e. The molecule has 1 atom stereocenters. The zero-order valence-electron chi connectivity index (χ0n) is 16.2. The van der Waals surface area contributed by atoms with Gasteiger partial charge in [0.1, 0.15) is 12.2 Å². The molecule has 2 aliphatic rings. The fraction of sp³-hybridized carbons (Fsp3) is 0.600. The van der Waals surface area contributed by atoms with Crippen molar-refractivity contribution >= 4 is 12.2 Å². The normalized spacial score (nSPS) is 21.6. The van der Waals surface area contributed by atoms with Gasteiger partial charge in [-0.2, -0.15) is 0 Å². The van der Waals surface area contributed by atoms with Crippen LogP contribution in [0, 0.1) is 0 Å². The van der Waals surface area contributed by atoms with Crippen molar-refractivity contribution in [1.82, 2.24) is 9.80 Å². The molecule has 0 aliphatic carbocycles. The van der Waals surface area contributed by atoms with Gasteiger partial charge in [0.05, 0.1) is 11.6 Å². The average Bonchev–Trinajstić information content (AvgIpc) is 2.56. The van der Waals surface area contributed by atoms with Crippen LogP contribution in [0.15, 0.2) is 30.3 Å². The highest BCUT2D eigenvalue weighted by Gasteiger charge is 2.55. The Morgan fingerprint density at radius 2 is 1.85 bits per heavy atom. The van der Waals surface area contributed by atoms with E-state index in [1.165, 1.54) is 0 Å². The number of hydrogen-bond donors (Lipinski definition) is 1. The number of carbonyl (C=O) groups is 2. The molecule has 2 amide bonds. The zero-order chi connectivity index (χ0) is 19.7. The van der Waals surface area contributed by atoms with E-state index in [0.29, 0.717) is 32.5 Å². The lowest BCUT2D eigenvalue weighted by Gasteiger charge is -2.57. The third kappa shape index (κ3) is 4.53. The minimum atomic E-state index is -0.581. The lowest BCUT2D eigenvalue weighted by atomic mass is 9.79. The highest BCUT2D eigenvalue weighted by molar-refractivity contribution is 5.73. The van der Waals surface area contributed by atoms with Gasteiger partial charge in [0.25, 0.3) is 0 Å². The van der Waals surface area contributed by atoms with Gasteiger partial charge in [0, 0.05) is 26.1 Å². The van der Waals surface area contributed by atoms with E-state index in [4.69, 9.17) is 9.47 Å². The Balaban J connectivity index is 1.62. The molecule has 1 spiro atoms. The van der Waals surface area contributed by atoms with Gasteiger partial charge in [0.2, 0.25) is 0 Å². The van der Waals surface area contributed by atoms with E-state index in [-0.39, 0.29) is 6.61 Å². The van der Waals surface area contributed by atoms with Gasteiger partial charge in [-0.15, -0.1) is 0 Å². The number of aliphatic hydroxyl groups excluding tert-OH is 1. The van der Waals surface area contributed by atoms with Crippen LogP contribution in [-0.2, 0) is 16.1 Å². The Hall–Kier alpha value is -2.28. The molecule has 0 aromatic heterocycles. The summed E-state index contributed by atoms with van der Waals surface area (Å²) in [4.78, 5) is 28.2. The van der Waals surface area contributed by atoms with Crippen LogP contribution in [-0.4, -0.2) is 64.0 Å². The van der Waals surface area contributed by atoms with Crippen LogP contribution >= 0.6 is 0 Å². The third-order valence-electron chi connectivity index (χ3n) is 4.92. The number of ether oxygens (including phenoxy) is 2. The van der Waals surface area contributed by atoms with Crippen LogP contribution < -0.4 is 0 Å². The summed E-state index contributed by atoms with van der Waals surface area (Å²) in [7, 11) is 0. The van der Waals surface area contributed by atoms with Crippen molar-refractivity contribution in [3.8, 4) is 0 Å². The van der Waals surface area contributed by atoms with E-state index in [2.05, 4.69) is 0 Å². The highest BCUT2D eigenvalue weighted by Crippen LogP contribution is 2.38. The van der Waals surface area contributed by atoms with E-state index in [0.717, 1.165) is 5.56 Å². The summed E-state index contributed by atoms with van der Waals surface area (Å²) < 4.78 is 10.9. The molecule has 2 heterocycles. The number of amides is 2. The van der Waals surface area contributed by atoms with Crippen LogP contribution in [0.25, 0.3) is 0 Å². The molecular formula is C20H28N2O5. The molecule has 27 heavy (non-hydrogen) atoms. The topological polar surface area (TPSA) is 79.3 Å². The van der Waals surface area contributed by atoms with Crippen molar-refractivity contribution in [2.24, 2.45) is 0 Å². The van der Waals surface area contributed by atoms with Gasteiger partial charge in [-0.25, -0.2) is 9.59 Å². The third-order valence-corrected chi connectivity index (χ3v) is 4.92. The quantitative estimate of drug-likeness (QED) is 0.859. The minimum Gasteiger partial charge on any atom is -0.445 e. The predicted molar refractivity (Wildman–Crippen MR) is 99.1 cm³/mol. The molecule has 1 unspecified atom stereocenters. The molecule has 148 valence electrons. The second kappa shape index (κ2) is 7.38. The van der Waals surface area contributed by atoms with Gasteiger partial charge < -0.3 is 19.5 Å². The summed E-state index contributed by atoms with van der Waals surface area (Å²) >= 11 is 0. The fourth-order valence-corrected chi connectivity index (χ4v) is 3.67. The Bertz CT molecular complexity index is 679. The Morgan fingerprint density at radius 1 is 1.19 bits per heavy atom. The number of carbonyl (C=O) groups excluding carboxylic acids is 2. The zero-order valence-corrected chi connectivity index (χ0v) is 16.2. The van der Waals surface area contributed by atoms with Crippen molar-refractivity contribution in [2.75, 3.05) is 19.6 Å². The molecule has 7 heteroatoms. The first-order valence-corrected chi connectivity index (χ1v) is 9.33. The minimum absolute atomic E-state index is 0.199. The SMILES string of the molecule is CC(C)(C)OC(=O)N1CC2(CC(O)CCN2C(=O)OCc2ccccc2)C1. The summed E-state index contributed by atoms with van der Waals surface area (Å²) in [5.41, 5.74) is -0.233. The molecular weight excluding hydrogens is 348 g/mol. The van der Waals surface area contributed by atoms with Gasteiger partial charge in [0.15, 0.2) is 0 Å². The molecule has 0 radical (unpaired) electrons. The Labute approximate surface area is 159 Å². The first-order valence-electron chi connectivity index (χ1n) is 9.33. The Kier molecular flexibility index (Phi) is 5.33. The number of piperidine rings is 1. The highest BCUT2D eigenvalue weighted by atomic mass is 16.6. The summed E-state index contributed by atoms with van der Waals surface area (Å²) in [6.45, 7) is 6.76. The number of hydrogen-bond acceptors (Lipinski definition) is 5.